The third-order valence-electron chi connectivity index (χ3n) is 3.87. The summed E-state index contributed by atoms with van der Waals surface area (Å²) in [5, 5.41) is 0.694. The summed E-state index contributed by atoms with van der Waals surface area (Å²) in [7, 11) is -2.87. The molecular weight excluding hydrogens is 288 g/mol. The van der Waals surface area contributed by atoms with E-state index in [9.17, 15) is 13.2 Å². The molecule has 2 aromatic rings. The molecule has 0 unspecified atom stereocenters. The number of pyridine rings is 1. The number of H-pyrrole nitrogens is 1. The van der Waals surface area contributed by atoms with Gasteiger partial charge in [0.15, 0.2) is 15.3 Å². The molecule has 0 atom stereocenters. The van der Waals surface area contributed by atoms with Crippen molar-refractivity contribution in [2.24, 2.45) is 0 Å². The van der Waals surface area contributed by atoms with Gasteiger partial charge in [-0.3, -0.25) is 9.69 Å². The molecular formula is C15H18N2O3S. The van der Waals surface area contributed by atoms with Crippen LogP contribution in [0.1, 0.15) is 11.3 Å². The molecule has 6 heteroatoms. The van der Waals surface area contributed by atoms with E-state index < -0.39 is 9.84 Å². The number of aryl methyl sites for hydroxylation is 1. The zero-order valence-corrected chi connectivity index (χ0v) is 12.7. The molecule has 1 aromatic heterocycles. The second kappa shape index (κ2) is 5.27. The molecule has 0 radical (unpaired) electrons. The zero-order valence-electron chi connectivity index (χ0n) is 11.9. The van der Waals surface area contributed by atoms with Gasteiger partial charge >= 0.3 is 0 Å². The van der Waals surface area contributed by atoms with Gasteiger partial charge in [-0.1, -0.05) is 11.6 Å². The Morgan fingerprint density at radius 2 is 1.90 bits per heavy atom. The molecule has 0 bridgehead atoms. The molecule has 1 aliphatic rings. The van der Waals surface area contributed by atoms with E-state index in [1.165, 1.54) is 0 Å². The van der Waals surface area contributed by atoms with E-state index in [1.54, 1.807) is 6.07 Å². The van der Waals surface area contributed by atoms with Crippen LogP contribution in [0.5, 0.6) is 0 Å². The number of aromatic nitrogens is 1. The van der Waals surface area contributed by atoms with E-state index in [0.29, 0.717) is 25.0 Å². The predicted octanol–water partition coefficient (Wildman–Crippen LogP) is 1.07. The Bertz CT molecular complexity index is 826. The standard InChI is InChI=1S/C15H18N2O3S/c1-11-2-3-14-13(8-11)15(18)9-12(16-14)10-17-4-6-21(19,20)7-5-17/h2-3,8-9H,4-7,10H2,1H3,(H,16,18). The Hall–Kier alpha value is -1.66. The summed E-state index contributed by atoms with van der Waals surface area (Å²) < 4.78 is 22.8. The number of benzene rings is 1. The number of nitrogens with one attached hydrogen (secondary N) is 1. The Labute approximate surface area is 123 Å². The quantitative estimate of drug-likeness (QED) is 0.901. The monoisotopic (exact) mass is 306 g/mol. The fourth-order valence-corrected chi connectivity index (χ4v) is 3.93. The van der Waals surface area contributed by atoms with Crippen molar-refractivity contribution >= 4 is 20.7 Å². The van der Waals surface area contributed by atoms with Gasteiger partial charge in [0.2, 0.25) is 0 Å². The lowest BCUT2D eigenvalue weighted by molar-refractivity contribution is 0.284. The van der Waals surface area contributed by atoms with Crippen LogP contribution in [-0.2, 0) is 16.4 Å². The molecule has 0 amide bonds. The van der Waals surface area contributed by atoms with Crippen LogP contribution in [0.3, 0.4) is 0 Å². The minimum Gasteiger partial charge on any atom is -0.357 e. The van der Waals surface area contributed by atoms with Crippen LogP contribution in [0.25, 0.3) is 10.9 Å². The van der Waals surface area contributed by atoms with Gasteiger partial charge in [-0.05, 0) is 19.1 Å². The second-order valence-electron chi connectivity index (χ2n) is 5.64. The van der Waals surface area contributed by atoms with Gasteiger partial charge in [0.05, 0.1) is 11.5 Å². The van der Waals surface area contributed by atoms with Gasteiger partial charge in [-0.15, -0.1) is 0 Å². The average Bonchev–Trinajstić information content (AvgIpc) is 2.42. The summed E-state index contributed by atoms with van der Waals surface area (Å²) in [6.07, 6.45) is 0. The van der Waals surface area contributed by atoms with Crippen LogP contribution in [0.2, 0.25) is 0 Å². The van der Waals surface area contributed by atoms with Crippen LogP contribution >= 0.6 is 0 Å². The summed E-state index contributed by atoms with van der Waals surface area (Å²) in [5.41, 5.74) is 2.72. The number of hydrogen-bond donors (Lipinski definition) is 1. The third kappa shape index (κ3) is 3.16. The van der Waals surface area contributed by atoms with Crippen LogP contribution in [0.15, 0.2) is 29.1 Å². The van der Waals surface area contributed by atoms with E-state index in [4.69, 9.17) is 0 Å². The topological polar surface area (TPSA) is 70.2 Å². The fraction of sp³-hybridized carbons (Fsp3) is 0.400. The van der Waals surface area contributed by atoms with E-state index in [2.05, 4.69) is 9.88 Å². The Balaban J connectivity index is 1.85. The first-order chi connectivity index (χ1) is 9.93. The lowest BCUT2D eigenvalue weighted by atomic mass is 10.1. The number of rotatable bonds is 2. The molecule has 1 fully saturated rings. The van der Waals surface area contributed by atoms with Gasteiger partial charge < -0.3 is 4.98 Å². The molecule has 0 saturated carbocycles. The van der Waals surface area contributed by atoms with Crippen molar-refractivity contribution in [1.29, 1.82) is 0 Å². The van der Waals surface area contributed by atoms with Crippen molar-refractivity contribution in [2.75, 3.05) is 24.6 Å². The zero-order chi connectivity index (χ0) is 15.0. The van der Waals surface area contributed by atoms with Gasteiger partial charge in [0, 0.05) is 42.3 Å². The number of sulfone groups is 1. The second-order valence-corrected chi connectivity index (χ2v) is 7.94. The Morgan fingerprint density at radius 1 is 1.19 bits per heavy atom. The normalized spacial score (nSPS) is 18.9. The number of nitrogens with zero attached hydrogens (tertiary/aromatic N) is 1. The largest absolute Gasteiger partial charge is 0.357 e. The Morgan fingerprint density at radius 3 is 2.62 bits per heavy atom. The first kappa shape index (κ1) is 14.3. The van der Waals surface area contributed by atoms with Crippen LogP contribution < -0.4 is 5.43 Å². The maximum atomic E-state index is 12.2. The lowest BCUT2D eigenvalue weighted by Gasteiger charge is -2.26. The van der Waals surface area contributed by atoms with Crippen molar-refractivity contribution in [3.8, 4) is 0 Å². The molecule has 1 aromatic carbocycles. The first-order valence-electron chi connectivity index (χ1n) is 6.98. The molecule has 0 spiro atoms. The van der Waals surface area contributed by atoms with Crippen molar-refractivity contribution < 1.29 is 8.42 Å². The molecule has 2 heterocycles. The highest BCUT2D eigenvalue weighted by atomic mass is 32.2. The average molecular weight is 306 g/mol. The summed E-state index contributed by atoms with van der Waals surface area (Å²) in [4.78, 5) is 17.5. The fourth-order valence-electron chi connectivity index (χ4n) is 2.65. The molecule has 1 aliphatic heterocycles. The van der Waals surface area contributed by atoms with Crippen molar-refractivity contribution in [2.45, 2.75) is 13.5 Å². The molecule has 1 N–H and O–H groups in total. The summed E-state index contributed by atoms with van der Waals surface area (Å²) in [6, 6.07) is 7.38. The minimum atomic E-state index is -2.87. The number of fused-ring (bicyclic) bond motifs is 1. The molecule has 112 valence electrons. The van der Waals surface area contributed by atoms with E-state index in [0.717, 1.165) is 16.8 Å². The predicted molar refractivity (Wildman–Crippen MR) is 83.2 cm³/mol. The van der Waals surface area contributed by atoms with Gasteiger partial charge in [-0.2, -0.15) is 0 Å². The molecule has 0 aliphatic carbocycles. The van der Waals surface area contributed by atoms with Crippen LogP contribution in [0.4, 0.5) is 0 Å². The van der Waals surface area contributed by atoms with Gasteiger partial charge in [0.1, 0.15) is 0 Å². The number of hydrogen-bond acceptors (Lipinski definition) is 4. The van der Waals surface area contributed by atoms with Gasteiger partial charge in [-0.25, -0.2) is 8.42 Å². The Kier molecular flexibility index (Phi) is 3.59. The molecule has 3 rings (SSSR count). The summed E-state index contributed by atoms with van der Waals surface area (Å²) in [5.74, 6) is 0.397. The minimum absolute atomic E-state index is 0.00656. The van der Waals surface area contributed by atoms with Crippen LogP contribution in [0, 0.1) is 6.92 Å². The smallest absolute Gasteiger partial charge is 0.189 e. The lowest BCUT2D eigenvalue weighted by Crippen LogP contribution is -2.40. The van der Waals surface area contributed by atoms with Crippen LogP contribution in [-0.4, -0.2) is 42.9 Å². The molecule has 21 heavy (non-hydrogen) atoms. The highest BCUT2D eigenvalue weighted by molar-refractivity contribution is 7.91. The van der Waals surface area contributed by atoms with Crippen molar-refractivity contribution in [3.05, 3.63) is 45.7 Å². The highest BCUT2D eigenvalue weighted by Crippen LogP contribution is 2.13. The molecule has 5 nitrogen and oxygen atoms in total. The highest BCUT2D eigenvalue weighted by Gasteiger charge is 2.21. The summed E-state index contributed by atoms with van der Waals surface area (Å²) in [6.45, 7) is 3.59. The maximum absolute atomic E-state index is 12.2. The summed E-state index contributed by atoms with van der Waals surface area (Å²) >= 11 is 0. The maximum Gasteiger partial charge on any atom is 0.189 e. The first-order valence-corrected chi connectivity index (χ1v) is 8.80. The van der Waals surface area contributed by atoms with E-state index >= 15 is 0 Å². The number of aromatic amines is 1. The molecule has 1 saturated heterocycles. The third-order valence-corrected chi connectivity index (χ3v) is 5.48. The van der Waals surface area contributed by atoms with Gasteiger partial charge in [0.25, 0.3) is 0 Å². The van der Waals surface area contributed by atoms with Crippen molar-refractivity contribution in [3.63, 3.8) is 0 Å². The van der Waals surface area contributed by atoms with E-state index in [1.807, 2.05) is 25.1 Å². The van der Waals surface area contributed by atoms with E-state index in [-0.39, 0.29) is 16.9 Å². The van der Waals surface area contributed by atoms with Crippen molar-refractivity contribution in [1.82, 2.24) is 9.88 Å². The SMILES string of the molecule is Cc1ccc2[nH]c(CN3CCS(=O)(=O)CC3)cc(=O)c2c1.